The number of nitrogens with zero attached hydrogens (tertiary/aromatic N) is 1. The van der Waals surface area contributed by atoms with Crippen LogP contribution in [0.1, 0.15) is 49.7 Å². The third-order valence-corrected chi connectivity index (χ3v) is 7.55. The van der Waals surface area contributed by atoms with Crippen molar-refractivity contribution in [3.05, 3.63) is 78.0 Å². The summed E-state index contributed by atoms with van der Waals surface area (Å²) in [5.74, 6) is 0. The second-order valence-corrected chi connectivity index (χ2v) is 8.40. The molecule has 0 unspecified atom stereocenters. The van der Waals surface area contributed by atoms with Gasteiger partial charge in [-0.15, -0.1) is 0 Å². The van der Waals surface area contributed by atoms with E-state index in [2.05, 4.69) is 60.7 Å². The van der Waals surface area contributed by atoms with Crippen LogP contribution >= 0.6 is 0 Å². The number of hydrogen-bond donors (Lipinski definition) is 0. The lowest BCUT2D eigenvalue weighted by atomic mass is 9.56. The van der Waals surface area contributed by atoms with E-state index in [-0.39, 0.29) is 0 Å². The maximum Gasteiger partial charge on any atom is 0.0742 e. The monoisotopic (exact) mass is 337 g/mol. The normalized spacial score (nSPS) is 28.2. The van der Waals surface area contributed by atoms with Crippen LogP contribution in [0.25, 0.3) is 22.4 Å². The van der Waals surface area contributed by atoms with Crippen LogP contribution in [0.3, 0.4) is 0 Å². The van der Waals surface area contributed by atoms with Crippen molar-refractivity contribution in [2.45, 2.75) is 49.4 Å². The number of hydrogen-bond acceptors (Lipinski definition) is 1. The van der Waals surface area contributed by atoms with E-state index in [1.54, 1.807) is 5.56 Å². The second kappa shape index (κ2) is 5.07. The van der Waals surface area contributed by atoms with Crippen molar-refractivity contribution < 1.29 is 0 Å². The van der Waals surface area contributed by atoms with Gasteiger partial charge in [0.25, 0.3) is 0 Å². The lowest BCUT2D eigenvalue weighted by Crippen LogP contribution is -2.43. The van der Waals surface area contributed by atoms with Crippen molar-refractivity contribution in [3.63, 3.8) is 0 Å². The van der Waals surface area contributed by atoms with Crippen molar-refractivity contribution in [1.82, 2.24) is 4.98 Å². The molecule has 1 heteroatoms. The van der Waals surface area contributed by atoms with Gasteiger partial charge in [0.2, 0.25) is 0 Å². The SMILES string of the molecule is c1ccc(-c2ccc3c(c2)C24CCCC2(CCC4)c2cccnc2-3)cc1. The average Bonchev–Trinajstić information content (AvgIpc) is 3.26. The lowest BCUT2D eigenvalue weighted by molar-refractivity contribution is 0.298. The van der Waals surface area contributed by atoms with Crippen molar-refractivity contribution in [2.24, 2.45) is 0 Å². The maximum atomic E-state index is 4.88. The molecule has 3 aliphatic carbocycles. The molecule has 0 aliphatic heterocycles. The van der Waals surface area contributed by atoms with Crippen molar-refractivity contribution >= 4 is 0 Å². The Bertz CT molecular complexity index is 992. The van der Waals surface area contributed by atoms with Gasteiger partial charge in [0.15, 0.2) is 0 Å². The Morgan fingerprint density at radius 3 is 2.15 bits per heavy atom. The molecule has 1 nitrogen and oxygen atoms in total. The summed E-state index contributed by atoms with van der Waals surface area (Å²) >= 11 is 0. The predicted octanol–water partition coefficient (Wildman–Crippen LogP) is 6.27. The van der Waals surface area contributed by atoms with Crippen molar-refractivity contribution in [2.75, 3.05) is 0 Å². The molecule has 128 valence electrons. The largest absolute Gasteiger partial charge is 0.256 e. The van der Waals surface area contributed by atoms with Gasteiger partial charge < -0.3 is 0 Å². The molecule has 3 aromatic rings. The number of benzene rings is 2. The Hall–Kier alpha value is -2.41. The van der Waals surface area contributed by atoms with E-state index in [0.29, 0.717) is 10.8 Å². The van der Waals surface area contributed by atoms with Gasteiger partial charge in [-0.2, -0.15) is 0 Å². The fourth-order valence-corrected chi connectivity index (χ4v) is 6.61. The van der Waals surface area contributed by atoms with Crippen LogP contribution in [-0.2, 0) is 10.8 Å². The zero-order valence-corrected chi connectivity index (χ0v) is 15.0. The fraction of sp³-hybridized carbons (Fsp3) is 0.320. The van der Waals surface area contributed by atoms with E-state index in [0.717, 1.165) is 0 Å². The molecule has 26 heavy (non-hydrogen) atoms. The van der Waals surface area contributed by atoms with Crippen molar-refractivity contribution in [1.29, 1.82) is 0 Å². The molecular formula is C25H23N. The summed E-state index contributed by atoms with van der Waals surface area (Å²) in [6.07, 6.45) is 10.0. The lowest BCUT2D eigenvalue weighted by Gasteiger charge is -2.47. The minimum Gasteiger partial charge on any atom is -0.256 e. The molecule has 2 saturated carbocycles. The third-order valence-electron chi connectivity index (χ3n) is 7.55. The van der Waals surface area contributed by atoms with E-state index in [4.69, 9.17) is 4.98 Å². The smallest absolute Gasteiger partial charge is 0.0742 e. The van der Waals surface area contributed by atoms with E-state index in [9.17, 15) is 0 Å². The highest BCUT2D eigenvalue weighted by molar-refractivity contribution is 5.79. The molecule has 0 N–H and O–H groups in total. The molecule has 3 aliphatic rings. The first-order chi connectivity index (χ1) is 12.8. The summed E-state index contributed by atoms with van der Waals surface area (Å²) < 4.78 is 0. The van der Waals surface area contributed by atoms with Gasteiger partial charge in [0, 0.05) is 22.6 Å². The minimum atomic E-state index is 0.332. The van der Waals surface area contributed by atoms with Gasteiger partial charge in [-0.25, -0.2) is 0 Å². The van der Waals surface area contributed by atoms with Crippen LogP contribution in [0.5, 0.6) is 0 Å². The molecule has 0 bridgehead atoms. The molecule has 6 rings (SSSR count). The Balaban J connectivity index is 1.67. The molecule has 0 saturated heterocycles. The first-order valence-corrected chi connectivity index (χ1v) is 10.0. The summed E-state index contributed by atoms with van der Waals surface area (Å²) in [4.78, 5) is 4.88. The Labute approximate surface area is 155 Å². The van der Waals surface area contributed by atoms with Gasteiger partial charge in [0.05, 0.1) is 5.69 Å². The van der Waals surface area contributed by atoms with Gasteiger partial charge in [0.1, 0.15) is 0 Å². The van der Waals surface area contributed by atoms with Crippen molar-refractivity contribution in [3.8, 4) is 22.4 Å². The van der Waals surface area contributed by atoms with Crippen LogP contribution in [0.4, 0.5) is 0 Å². The molecule has 0 spiro atoms. The molecule has 0 amide bonds. The van der Waals surface area contributed by atoms with E-state index in [1.807, 2.05) is 6.20 Å². The highest BCUT2D eigenvalue weighted by Crippen LogP contribution is 2.69. The van der Waals surface area contributed by atoms with Gasteiger partial charge in [-0.3, -0.25) is 4.98 Å². The van der Waals surface area contributed by atoms with Crippen LogP contribution in [0, 0.1) is 0 Å². The molecule has 0 radical (unpaired) electrons. The fourth-order valence-electron chi connectivity index (χ4n) is 6.61. The molecule has 0 atom stereocenters. The topological polar surface area (TPSA) is 12.9 Å². The zero-order valence-electron chi connectivity index (χ0n) is 15.0. The van der Waals surface area contributed by atoms with Crippen LogP contribution in [0.2, 0.25) is 0 Å². The number of fused-ring (bicyclic) bond motifs is 3. The van der Waals surface area contributed by atoms with Crippen LogP contribution in [-0.4, -0.2) is 4.98 Å². The Morgan fingerprint density at radius 1 is 0.654 bits per heavy atom. The number of pyridine rings is 1. The molecule has 2 fully saturated rings. The second-order valence-electron chi connectivity index (χ2n) is 8.40. The average molecular weight is 337 g/mol. The van der Waals surface area contributed by atoms with Gasteiger partial charge in [-0.1, -0.05) is 61.4 Å². The van der Waals surface area contributed by atoms with E-state index in [1.165, 1.54) is 66.5 Å². The number of aromatic nitrogens is 1. The first-order valence-electron chi connectivity index (χ1n) is 10.0. The summed E-state index contributed by atoms with van der Waals surface area (Å²) in [6, 6.07) is 22.5. The third kappa shape index (κ3) is 1.65. The summed E-state index contributed by atoms with van der Waals surface area (Å²) in [6.45, 7) is 0. The number of rotatable bonds is 1. The summed E-state index contributed by atoms with van der Waals surface area (Å²) in [5, 5.41) is 0. The van der Waals surface area contributed by atoms with E-state index >= 15 is 0 Å². The first kappa shape index (κ1) is 14.7. The predicted molar refractivity (Wildman–Crippen MR) is 106 cm³/mol. The summed E-state index contributed by atoms with van der Waals surface area (Å²) in [7, 11) is 0. The van der Waals surface area contributed by atoms with Crippen LogP contribution in [0.15, 0.2) is 66.9 Å². The molecule has 1 aromatic heterocycles. The summed E-state index contributed by atoms with van der Waals surface area (Å²) in [5.41, 5.74) is 9.10. The molecule has 2 aromatic carbocycles. The highest BCUT2D eigenvalue weighted by Gasteiger charge is 2.62. The Kier molecular flexibility index (Phi) is 2.87. The Morgan fingerprint density at radius 2 is 1.38 bits per heavy atom. The molecule has 1 heterocycles. The maximum absolute atomic E-state index is 4.88. The zero-order chi connectivity index (χ0) is 17.2. The minimum absolute atomic E-state index is 0.332. The van der Waals surface area contributed by atoms with Crippen LogP contribution < -0.4 is 0 Å². The van der Waals surface area contributed by atoms with E-state index < -0.39 is 0 Å². The highest BCUT2D eigenvalue weighted by atomic mass is 14.7. The quantitative estimate of drug-likeness (QED) is 0.510. The standard InChI is InChI=1S/C25H23N/c1-2-7-18(8-3-1)19-10-11-20-22(17-19)25-14-5-12-24(25,13-6-15-25)21-9-4-16-26-23(20)21/h1-4,7-11,16-17H,5-6,12-15H2. The van der Waals surface area contributed by atoms with Gasteiger partial charge in [-0.05, 0) is 60.1 Å². The van der Waals surface area contributed by atoms with Gasteiger partial charge >= 0.3 is 0 Å². The molecular weight excluding hydrogens is 314 g/mol.